The zero-order valence-corrected chi connectivity index (χ0v) is 16.2. The smallest absolute Gasteiger partial charge is 0.283 e. The summed E-state index contributed by atoms with van der Waals surface area (Å²) >= 11 is 6.41. The Labute approximate surface area is 172 Å². The van der Waals surface area contributed by atoms with E-state index in [1.165, 1.54) is 6.20 Å². The zero-order valence-electron chi connectivity index (χ0n) is 15.4. The fraction of sp³-hybridized carbons (Fsp3) is 0.350. The minimum absolute atomic E-state index is 0.0230. The van der Waals surface area contributed by atoms with Crippen molar-refractivity contribution in [2.24, 2.45) is 16.6 Å². The summed E-state index contributed by atoms with van der Waals surface area (Å²) in [5.41, 5.74) is 7.43. The van der Waals surface area contributed by atoms with Crippen molar-refractivity contribution in [2.75, 3.05) is 12.0 Å². The van der Waals surface area contributed by atoms with Crippen LogP contribution in [0.4, 0.5) is 10.1 Å². The Balaban J connectivity index is 1.62. The summed E-state index contributed by atoms with van der Waals surface area (Å²) in [5, 5.41) is 22.1. The Morgan fingerprint density at radius 2 is 2.28 bits per heavy atom. The van der Waals surface area contributed by atoms with E-state index in [2.05, 4.69) is 15.3 Å². The van der Waals surface area contributed by atoms with Crippen LogP contribution >= 0.6 is 11.6 Å². The number of aliphatic hydroxyl groups is 1. The topological polar surface area (TPSA) is 117 Å². The van der Waals surface area contributed by atoms with Crippen LogP contribution in [0.15, 0.2) is 35.5 Å². The van der Waals surface area contributed by atoms with Crippen molar-refractivity contribution >= 4 is 23.3 Å². The number of rotatable bonds is 6. The average molecular weight is 416 g/mol. The Bertz CT molecular complexity index is 1020. The number of aromatic nitrogens is 1. The van der Waals surface area contributed by atoms with Crippen molar-refractivity contribution in [3.05, 3.63) is 57.9 Å². The number of fused-ring (bicyclic) bond motifs is 1. The second-order valence-corrected chi connectivity index (χ2v) is 7.56. The van der Waals surface area contributed by atoms with Gasteiger partial charge in [-0.1, -0.05) is 11.6 Å². The van der Waals surface area contributed by atoms with Crippen molar-refractivity contribution in [1.29, 1.82) is 5.26 Å². The van der Waals surface area contributed by atoms with Crippen LogP contribution in [0.3, 0.4) is 0 Å². The van der Waals surface area contributed by atoms with Gasteiger partial charge in [0.2, 0.25) is 0 Å². The number of hydrogen-bond acceptors (Lipinski definition) is 7. The van der Waals surface area contributed by atoms with Gasteiger partial charge in [-0.25, -0.2) is 9.38 Å². The first-order chi connectivity index (χ1) is 14.0. The van der Waals surface area contributed by atoms with Gasteiger partial charge in [0.1, 0.15) is 24.4 Å². The Morgan fingerprint density at radius 3 is 3.00 bits per heavy atom. The number of anilines is 1. The number of nitrogens with two attached hydrogens (primary N) is 1. The van der Waals surface area contributed by atoms with Gasteiger partial charge in [-0.15, -0.1) is 0 Å². The third-order valence-electron chi connectivity index (χ3n) is 5.38. The summed E-state index contributed by atoms with van der Waals surface area (Å²) in [6.45, 7) is -0.646. The number of ether oxygens (including phenoxy) is 1. The lowest BCUT2D eigenvalue weighted by Crippen LogP contribution is -2.39. The number of hydrogen-bond donors (Lipinski definition) is 3. The van der Waals surface area contributed by atoms with Crippen molar-refractivity contribution in [1.82, 2.24) is 4.98 Å². The number of benzene rings is 1. The normalized spacial score (nSPS) is 24.7. The highest BCUT2D eigenvalue weighted by Gasteiger charge is 2.59. The van der Waals surface area contributed by atoms with Crippen LogP contribution in [0.2, 0.25) is 5.02 Å². The first-order valence-corrected chi connectivity index (χ1v) is 9.49. The molecule has 4 rings (SSSR count). The fourth-order valence-corrected chi connectivity index (χ4v) is 4.06. The summed E-state index contributed by atoms with van der Waals surface area (Å²) in [6.07, 6.45) is 2.00. The molecule has 1 aromatic heterocycles. The highest BCUT2D eigenvalue weighted by molar-refractivity contribution is 6.31. The molecule has 0 amide bonds. The van der Waals surface area contributed by atoms with Gasteiger partial charge in [-0.05, 0) is 30.7 Å². The van der Waals surface area contributed by atoms with Crippen molar-refractivity contribution < 1.29 is 14.2 Å². The van der Waals surface area contributed by atoms with Gasteiger partial charge in [0.25, 0.3) is 6.02 Å². The van der Waals surface area contributed by atoms with Crippen molar-refractivity contribution in [2.45, 2.75) is 31.2 Å². The second-order valence-electron chi connectivity index (χ2n) is 7.15. The number of amidine groups is 1. The number of pyridine rings is 1. The van der Waals surface area contributed by atoms with Crippen molar-refractivity contribution in [3.63, 3.8) is 0 Å². The lowest BCUT2D eigenvalue weighted by atomic mass is 9.85. The maximum absolute atomic E-state index is 14.2. The number of nitrogens with one attached hydrogen (secondary N) is 1. The van der Waals surface area contributed by atoms with Crippen LogP contribution in [-0.4, -0.2) is 28.9 Å². The molecule has 7 nitrogen and oxygen atoms in total. The standard InChI is InChI=1S/C20H19ClFN5O2/c21-16-2-1-13(25-8-17-12(9-28)3-11(6-23)7-26-17)4-14(16)20(10-22)15-5-18(15)29-19(24)27-20/h1-4,7,15,18,25,28H,5,8-10H2,(H2,24,27)/t15-,18+,20+/m0/s1. The molecule has 2 heterocycles. The van der Waals surface area contributed by atoms with Gasteiger partial charge >= 0.3 is 0 Å². The monoisotopic (exact) mass is 415 g/mol. The molecule has 3 atom stereocenters. The molecule has 1 saturated carbocycles. The second kappa shape index (κ2) is 7.50. The van der Waals surface area contributed by atoms with Crippen molar-refractivity contribution in [3.8, 4) is 6.07 Å². The van der Waals surface area contributed by atoms with E-state index in [9.17, 15) is 9.50 Å². The Hall–Kier alpha value is -2.89. The lowest BCUT2D eigenvalue weighted by Gasteiger charge is -2.32. The molecule has 1 aliphatic heterocycles. The number of aliphatic hydroxyl groups excluding tert-OH is 1. The molecule has 150 valence electrons. The zero-order chi connectivity index (χ0) is 20.6. The minimum atomic E-state index is -1.15. The molecular weight excluding hydrogens is 397 g/mol. The fourth-order valence-electron chi connectivity index (χ4n) is 3.78. The van der Waals surface area contributed by atoms with Gasteiger partial charge in [-0.3, -0.25) is 4.98 Å². The summed E-state index contributed by atoms with van der Waals surface area (Å²) < 4.78 is 19.6. The highest BCUT2D eigenvalue weighted by atomic mass is 35.5. The van der Waals surface area contributed by atoms with E-state index in [4.69, 9.17) is 27.3 Å². The van der Waals surface area contributed by atoms with Gasteiger partial charge in [0.05, 0.1) is 24.4 Å². The maximum atomic E-state index is 14.2. The third kappa shape index (κ3) is 3.48. The molecule has 4 N–H and O–H groups in total. The predicted molar refractivity (Wildman–Crippen MR) is 106 cm³/mol. The molecule has 0 radical (unpaired) electrons. The molecular formula is C20H19ClFN5O2. The van der Waals surface area contributed by atoms with E-state index in [0.29, 0.717) is 46.1 Å². The molecule has 2 aromatic rings. The molecule has 0 bridgehead atoms. The van der Waals surface area contributed by atoms with Crippen LogP contribution in [0.1, 0.15) is 28.8 Å². The molecule has 1 aromatic carbocycles. The highest BCUT2D eigenvalue weighted by Crippen LogP contribution is 2.54. The summed E-state index contributed by atoms with van der Waals surface area (Å²) in [7, 11) is 0. The minimum Gasteiger partial charge on any atom is -0.462 e. The van der Waals surface area contributed by atoms with E-state index in [-0.39, 0.29) is 24.7 Å². The largest absolute Gasteiger partial charge is 0.462 e. The van der Waals surface area contributed by atoms with Gasteiger partial charge in [-0.2, -0.15) is 5.26 Å². The number of nitrogens with zero attached hydrogens (tertiary/aromatic N) is 3. The molecule has 1 aliphatic carbocycles. The Kier molecular flexibility index (Phi) is 5.03. The number of halogens is 2. The molecule has 1 fully saturated rings. The SMILES string of the molecule is N#Cc1cnc(CNc2ccc(Cl)c([C@@]3(CF)N=C(N)O[C@@H]4C[C@@H]43)c2)c(CO)c1. The summed E-state index contributed by atoms with van der Waals surface area (Å²) in [4.78, 5) is 8.54. The van der Waals surface area contributed by atoms with E-state index < -0.39 is 12.2 Å². The quantitative estimate of drug-likeness (QED) is 0.667. The maximum Gasteiger partial charge on any atom is 0.283 e. The van der Waals surface area contributed by atoms with E-state index in [1.807, 2.05) is 6.07 Å². The van der Waals surface area contributed by atoms with Gasteiger partial charge in [0, 0.05) is 34.0 Å². The van der Waals surface area contributed by atoms with E-state index in [0.717, 1.165) is 0 Å². The molecule has 9 heteroatoms. The van der Waals surface area contributed by atoms with Crippen LogP contribution in [0.5, 0.6) is 0 Å². The summed E-state index contributed by atoms with van der Waals surface area (Å²) in [6, 6.07) is 8.80. The number of nitriles is 1. The number of alkyl halides is 1. The van der Waals surface area contributed by atoms with E-state index >= 15 is 0 Å². The molecule has 0 spiro atoms. The molecule has 29 heavy (non-hydrogen) atoms. The van der Waals surface area contributed by atoms with Crippen LogP contribution < -0.4 is 11.1 Å². The molecule has 2 aliphatic rings. The molecule has 0 saturated heterocycles. The predicted octanol–water partition coefficient (Wildman–Crippen LogP) is 2.61. The van der Waals surface area contributed by atoms with Crippen LogP contribution in [-0.2, 0) is 23.4 Å². The van der Waals surface area contributed by atoms with Gasteiger partial charge < -0.3 is 20.9 Å². The summed E-state index contributed by atoms with van der Waals surface area (Å²) in [5.74, 6) is -0.103. The number of aliphatic imine (C=N–C) groups is 1. The first-order valence-electron chi connectivity index (χ1n) is 9.11. The average Bonchev–Trinajstić information content (AvgIpc) is 3.52. The first kappa shape index (κ1) is 19.4. The van der Waals surface area contributed by atoms with E-state index in [1.54, 1.807) is 24.3 Å². The van der Waals surface area contributed by atoms with Crippen LogP contribution in [0, 0.1) is 17.2 Å². The Morgan fingerprint density at radius 1 is 1.45 bits per heavy atom. The molecule has 0 unspecified atom stereocenters. The third-order valence-corrected chi connectivity index (χ3v) is 5.71. The lowest BCUT2D eigenvalue weighted by molar-refractivity contribution is 0.171. The van der Waals surface area contributed by atoms with Gasteiger partial charge in [0.15, 0.2) is 0 Å². The van der Waals surface area contributed by atoms with Crippen LogP contribution in [0.25, 0.3) is 0 Å².